The van der Waals surface area contributed by atoms with Crippen LogP contribution in [0.2, 0.25) is 0 Å². The summed E-state index contributed by atoms with van der Waals surface area (Å²) in [5.41, 5.74) is 1.08. The van der Waals surface area contributed by atoms with Gasteiger partial charge in [-0.25, -0.2) is 0 Å². The van der Waals surface area contributed by atoms with Crippen LogP contribution in [0.1, 0.15) is 41.3 Å². The van der Waals surface area contributed by atoms with Gasteiger partial charge in [0, 0.05) is 38.7 Å². The van der Waals surface area contributed by atoms with Crippen molar-refractivity contribution in [1.29, 1.82) is 0 Å². The summed E-state index contributed by atoms with van der Waals surface area (Å²) in [6.45, 7) is 2.80. The number of hydrogen-bond donors (Lipinski definition) is 1. The Balaban J connectivity index is 1.74. The molecule has 0 aromatic heterocycles. The summed E-state index contributed by atoms with van der Waals surface area (Å²) in [6.07, 6.45) is 0.637. The van der Waals surface area contributed by atoms with Gasteiger partial charge in [-0.15, -0.1) is 0 Å². The third kappa shape index (κ3) is 6.39. The predicted octanol–water partition coefficient (Wildman–Crippen LogP) is 4.04. The zero-order chi connectivity index (χ0) is 27.8. The van der Waals surface area contributed by atoms with Crippen LogP contribution in [0.3, 0.4) is 0 Å². The lowest BCUT2D eigenvalue weighted by atomic mass is 9.83. The smallest absolute Gasteiger partial charge is 0.255 e. The van der Waals surface area contributed by atoms with E-state index in [0.717, 1.165) is 11.1 Å². The first-order valence-corrected chi connectivity index (χ1v) is 13.0. The Hall–Kier alpha value is -4.33. The van der Waals surface area contributed by atoms with E-state index in [0.29, 0.717) is 49.5 Å². The van der Waals surface area contributed by atoms with Gasteiger partial charge in [0.15, 0.2) is 0 Å². The summed E-state index contributed by atoms with van der Waals surface area (Å²) in [5, 5.41) is 3.09. The van der Waals surface area contributed by atoms with Crippen molar-refractivity contribution in [2.24, 2.45) is 0 Å². The molecule has 8 nitrogen and oxygen atoms in total. The minimum absolute atomic E-state index is 0.0471. The van der Waals surface area contributed by atoms with E-state index in [9.17, 15) is 14.4 Å². The average Bonchev–Trinajstić information content (AvgIpc) is 2.99. The van der Waals surface area contributed by atoms with Crippen LogP contribution in [0.4, 0.5) is 0 Å². The molecule has 1 aliphatic rings. The molecular formula is C31H35N3O5. The van der Waals surface area contributed by atoms with Gasteiger partial charge >= 0.3 is 0 Å². The lowest BCUT2D eigenvalue weighted by molar-refractivity contribution is -0.141. The van der Waals surface area contributed by atoms with E-state index in [1.54, 1.807) is 48.3 Å². The van der Waals surface area contributed by atoms with E-state index < -0.39 is 5.54 Å². The molecule has 1 saturated heterocycles. The number of hydrogen-bond acceptors (Lipinski definition) is 5. The molecule has 3 amide bonds. The normalized spacial score (nSPS) is 14.3. The van der Waals surface area contributed by atoms with Crippen molar-refractivity contribution >= 4 is 17.7 Å². The third-order valence-electron chi connectivity index (χ3n) is 7.33. The van der Waals surface area contributed by atoms with Crippen molar-refractivity contribution in [3.63, 3.8) is 0 Å². The number of methoxy groups -OCH3 is 2. The van der Waals surface area contributed by atoms with Gasteiger partial charge in [0.1, 0.15) is 17.0 Å². The lowest BCUT2D eigenvalue weighted by Gasteiger charge is -2.47. The second-order valence-electron chi connectivity index (χ2n) is 9.68. The molecule has 0 radical (unpaired) electrons. The second kappa shape index (κ2) is 12.5. The van der Waals surface area contributed by atoms with E-state index >= 15 is 0 Å². The van der Waals surface area contributed by atoms with Crippen molar-refractivity contribution in [2.75, 3.05) is 27.3 Å². The van der Waals surface area contributed by atoms with Crippen LogP contribution in [0.25, 0.3) is 0 Å². The minimum atomic E-state index is -1.17. The molecule has 0 saturated carbocycles. The van der Waals surface area contributed by atoms with Gasteiger partial charge in [-0.2, -0.15) is 0 Å². The van der Waals surface area contributed by atoms with Crippen molar-refractivity contribution in [1.82, 2.24) is 15.1 Å². The van der Waals surface area contributed by atoms with Crippen LogP contribution in [-0.2, 0) is 22.7 Å². The van der Waals surface area contributed by atoms with Crippen LogP contribution >= 0.6 is 0 Å². The molecule has 1 aliphatic heterocycles. The molecule has 0 bridgehead atoms. The van der Waals surface area contributed by atoms with Crippen LogP contribution in [0.15, 0.2) is 78.9 Å². The molecular weight excluding hydrogens is 494 g/mol. The molecule has 0 atom stereocenters. The highest BCUT2D eigenvalue weighted by Gasteiger charge is 2.48. The number of benzene rings is 3. The maximum absolute atomic E-state index is 14.2. The van der Waals surface area contributed by atoms with Crippen LogP contribution < -0.4 is 14.8 Å². The van der Waals surface area contributed by atoms with Crippen LogP contribution in [0.5, 0.6) is 11.5 Å². The molecule has 39 heavy (non-hydrogen) atoms. The topological polar surface area (TPSA) is 88.2 Å². The molecule has 1 heterocycles. The fourth-order valence-corrected chi connectivity index (χ4v) is 5.01. The zero-order valence-electron chi connectivity index (χ0n) is 22.7. The first-order chi connectivity index (χ1) is 18.9. The highest BCUT2D eigenvalue weighted by atomic mass is 16.5. The number of carbonyl (C=O) groups is 3. The number of piperidine rings is 1. The van der Waals surface area contributed by atoms with Gasteiger partial charge in [0.25, 0.3) is 5.91 Å². The fourth-order valence-electron chi connectivity index (χ4n) is 5.01. The monoisotopic (exact) mass is 529 g/mol. The zero-order valence-corrected chi connectivity index (χ0v) is 22.7. The number of carbonyl (C=O) groups excluding carboxylic acids is 3. The SMILES string of the molecule is COc1ccc(C(=O)N(Cc2cccc(OC)c2)C2(C(=O)NCc3ccccc3)CCN(C(C)=O)CC2)cc1. The maximum Gasteiger partial charge on any atom is 0.255 e. The highest BCUT2D eigenvalue weighted by molar-refractivity contribution is 5.99. The van der Waals surface area contributed by atoms with Crippen molar-refractivity contribution in [3.05, 3.63) is 95.6 Å². The Morgan fingerprint density at radius 2 is 1.49 bits per heavy atom. The molecule has 8 heteroatoms. The summed E-state index contributed by atoms with van der Waals surface area (Å²) in [5.74, 6) is 0.745. The van der Waals surface area contributed by atoms with Gasteiger partial charge in [0.05, 0.1) is 14.2 Å². The molecule has 1 N–H and O–H groups in total. The Morgan fingerprint density at radius 3 is 2.10 bits per heavy atom. The van der Waals surface area contributed by atoms with Crippen molar-refractivity contribution in [3.8, 4) is 11.5 Å². The van der Waals surface area contributed by atoms with E-state index in [-0.39, 0.29) is 24.3 Å². The molecule has 1 fully saturated rings. The average molecular weight is 530 g/mol. The molecule has 0 aliphatic carbocycles. The van der Waals surface area contributed by atoms with Gasteiger partial charge < -0.3 is 24.6 Å². The second-order valence-corrected chi connectivity index (χ2v) is 9.68. The molecule has 3 aromatic rings. The van der Waals surface area contributed by atoms with Crippen molar-refractivity contribution < 1.29 is 23.9 Å². The number of nitrogens with zero attached hydrogens (tertiary/aromatic N) is 2. The Bertz CT molecular complexity index is 1290. The summed E-state index contributed by atoms with van der Waals surface area (Å²) < 4.78 is 10.7. The quantitative estimate of drug-likeness (QED) is 0.452. The van der Waals surface area contributed by atoms with Crippen molar-refractivity contribution in [2.45, 2.75) is 38.4 Å². The Morgan fingerprint density at radius 1 is 0.846 bits per heavy atom. The minimum Gasteiger partial charge on any atom is -0.497 e. The van der Waals surface area contributed by atoms with E-state index in [1.807, 2.05) is 54.6 Å². The van der Waals surface area contributed by atoms with Crippen LogP contribution in [-0.4, -0.2) is 60.4 Å². The Labute approximate surface area is 229 Å². The van der Waals surface area contributed by atoms with Gasteiger partial charge in [0.2, 0.25) is 11.8 Å². The van der Waals surface area contributed by atoms with Crippen LogP contribution in [0, 0.1) is 0 Å². The fraction of sp³-hybridized carbons (Fsp3) is 0.323. The number of ether oxygens (including phenoxy) is 2. The first-order valence-electron chi connectivity index (χ1n) is 13.0. The predicted molar refractivity (Wildman–Crippen MR) is 148 cm³/mol. The largest absolute Gasteiger partial charge is 0.497 e. The molecule has 0 unspecified atom stereocenters. The molecule has 4 rings (SSSR count). The van der Waals surface area contributed by atoms with E-state index in [2.05, 4.69) is 5.32 Å². The molecule has 0 spiro atoms. The standard InChI is InChI=1S/C31H35N3O5/c1-23(35)33-18-16-31(17-19-33,30(37)32-21-24-8-5-4-6-9-24)34(22-25-10-7-11-28(20-25)39-3)29(36)26-12-14-27(38-2)15-13-26/h4-15,20H,16-19,21-22H2,1-3H3,(H,32,37). The van der Waals surface area contributed by atoms with Gasteiger partial charge in [-0.1, -0.05) is 42.5 Å². The third-order valence-corrected chi connectivity index (χ3v) is 7.33. The first kappa shape index (κ1) is 27.7. The summed E-state index contributed by atoms with van der Waals surface area (Å²) in [4.78, 5) is 43.9. The highest BCUT2D eigenvalue weighted by Crippen LogP contribution is 2.34. The number of rotatable bonds is 9. The number of amides is 3. The van der Waals surface area contributed by atoms with E-state index in [1.165, 1.54) is 6.92 Å². The molecule has 3 aromatic carbocycles. The summed E-state index contributed by atoms with van der Waals surface area (Å²) in [7, 11) is 3.16. The lowest BCUT2D eigenvalue weighted by Crippen LogP contribution is -2.64. The number of nitrogens with one attached hydrogen (secondary N) is 1. The Kier molecular flexibility index (Phi) is 8.86. The summed E-state index contributed by atoms with van der Waals surface area (Å²) >= 11 is 0. The van der Waals surface area contributed by atoms with Gasteiger partial charge in [-0.3, -0.25) is 14.4 Å². The van der Waals surface area contributed by atoms with Gasteiger partial charge in [-0.05, 0) is 60.4 Å². The van der Waals surface area contributed by atoms with E-state index in [4.69, 9.17) is 9.47 Å². The number of likely N-dealkylation sites (tertiary alicyclic amines) is 1. The summed E-state index contributed by atoms with van der Waals surface area (Å²) in [6, 6.07) is 24.0. The molecule has 204 valence electrons. The maximum atomic E-state index is 14.2.